The maximum Gasteiger partial charge on any atom is 0.415 e. The van der Waals surface area contributed by atoms with E-state index in [1.54, 1.807) is 77.6 Å². The van der Waals surface area contributed by atoms with E-state index in [0.717, 1.165) is 0 Å². The van der Waals surface area contributed by atoms with Crippen LogP contribution in [0.2, 0.25) is 10.0 Å². The van der Waals surface area contributed by atoms with Gasteiger partial charge in [-0.1, -0.05) is 49.2 Å². The predicted molar refractivity (Wildman–Crippen MR) is 187 cm³/mol. The summed E-state index contributed by atoms with van der Waals surface area (Å²) in [5.41, 5.74) is 1.23. The number of aryl methyl sites for hydroxylation is 2. The van der Waals surface area contributed by atoms with Crippen LogP contribution in [0.25, 0.3) is 22.0 Å². The van der Waals surface area contributed by atoms with Crippen LogP contribution in [0, 0.1) is 31.0 Å². The molecule has 1 atom stereocenters. The molecule has 2 heterocycles. The lowest BCUT2D eigenvalue weighted by Crippen LogP contribution is -2.46. The van der Waals surface area contributed by atoms with Gasteiger partial charge in [-0.2, -0.15) is 5.26 Å². The highest BCUT2D eigenvalue weighted by atomic mass is 35.5. The number of hydrogen-bond donors (Lipinski definition) is 0. The zero-order valence-electron chi connectivity index (χ0n) is 29.0. The van der Waals surface area contributed by atoms with E-state index in [1.807, 2.05) is 20.8 Å². The molecule has 1 aliphatic heterocycles. The summed E-state index contributed by atoms with van der Waals surface area (Å²) in [7, 11) is 0. The Labute approximate surface area is 287 Å². The van der Waals surface area contributed by atoms with Gasteiger partial charge in [0.05, 0.1) is 27.8 Å². The summed E-state index contributed by atoms with van der Waals surface area (Å²) in [5.74, 6) is -0.639. The molecule has 47 heavy (non-hydrogen) atoms. The first kappa shape index (κ1) is 37.8. The average molecular weight is 688 g/mol. The smallest absolute Gasteiger partial charge is 0.415 e. The van der Waals surface area contributed by atoms with Gasteiger partial charge >= 0.3 is 12.2 Å². The van der Waals surface area contributed by atoms with Crippen LogP contribution in [0.5, 0.6) is 0 Å². The van der Waals surface area contributed by atoms with Crippen molar-refractivity contribution in [3.63, 3.8) is 0 Å². The van der Waals surface area contributed by atoms with Gasteiger partial charge in [0.15, 0.2) is 5.82 Å². The second-order valence-corrected chi connectivity index (χ2v) is 14.1. The molecule has 4 rings (SSSR count). The SMILES string of the molecule is CC.Cc1nc2c(F)c(-c3cccc(Cl)c3Cl)c(CCC#N)cc2c(N(C(=O)OC(C)(C)C)C2CCN(C(=O)OC(C)(C)C)C2)c1C. The summed E-state index contributed by atoms with van der Waals surface area (Å²) in [6.07, 6.45) is -0.326. The lowest BCUT2D eigenvalue weighted by atomic mass is 9.92. The quantitative estimate of drug-likeness (QED) is 0.265. The number of aromatic nitrogens is 1. The van der Waals surface area contributed by atoms with E-state index in [2.05, 4.69) is 11.1 Å². The number of nitrogens with zero attached hydrogens (tertiary/aromatic N) is 4. The lowest BCUT2D eigenvalue weighted by molar-refractivity contribution is 0.0287. The minimum atomic E-state index is -0.829. The Bertz CT molecular complexity index is 1690. The maximum atomic E-state index is 16.8. The van der Waals surface area contributed by atoms with Gasteiger partial charge in [0.2, 0.25) is 0 Å². The van der Waals surface area contributed by atoms with Crippen molar-refractivity contribution in [2.24, 2.45) is 0 Å². The van der Waals surface area contributed by atoms with E-state index in [9.17, 15) is 14.9 Å². The first-order chi connectivity index (χ1) is 21.9. The average Bonchev–Trinajstić information content (AvgIpc) is 3.46. The fourth-order valence-corrected chi connectivity index (χ4v) is 5.87. The molecule has 254 valence electrons. The highest BCUT2D eigenvalue weighted by Crippen LogP contribution is 2.43. The number of halogens is 3. The molecule has 1 aliphatic rings. The van der Waals surface area contributed by atoms with Crippen molar-refractivity contribution in [2.75, 3.05) is 18.0 Å². The van der Waals surface area contributed by atoms with E-state index in [4.69, 9.17) is 32.7 Å². The number of anilines is 1. The van der Waals surface area contributed by atoms with Gasteiger partial charge in [-0.25, -0.2) is 19.0 Å². The number of rotatable bonds is 5. The van der Waals surface area contributed by atoms with Crippen LogP contribution in [0.15, 0.2) is 24.3 Å². The van der Waals surface area contributed by atoms with E-state index in [-0.39, 0.29) is 40.5 Å². The first-order valence-electron chi connectivity index (χ1n) is 15.9. The molecule has 0 aliphatic carbocycles. The minimum Gasteiger partial charge on any atom is -0.444 e. The van der Waals surface area contributed by atoms with E-state index in [1.165, 1.54) is 4.90 Å². The molecule has 2 amide bonds. The third-order valence-corrected chi connectivity index (χ3v) is 8.31. The predicted octanol–water partition coefficient (Wildman–Crippen LogP) is 10.2. The van der Waals surface area contributed by atoms with Gasteiger partial charge in [-0.15, -0.1) is 0 Å². The summed E-state index contributed by atoms with van der Waals surface area (Å²) < 4.78 is 28.3. The molecule has 3 aromatic rings. The third-order valence-electron chi connectivity index (χ3n) is 7.49. The summed E-state index contributed by atoms with van der Waals surface area (Å²) >= 11 is 12.9. The number of likely N-dealkylation sites (tertiary alicyclic amines) is 1. The van der Waals surface area contributed by atoms with Crippen molar-refractivity contribution >= 4 is 52.0 Å². The summed E-state index contributed by atoms with van der Waals surface area (Å²) in [6.45, 7) is 18.8. The number of amides is 2. The van der Waals surface area contributed by atoms with Crippen LogP contribution >= 0.6 is 23.2 Å². The summed E-state index contributed by atoms with van der Waals surface area (Å²) in [5, 5.41) is 10.3. The van der Waals surface area contributed by atoms with Gasteiger partial charge in [0, 0.05) is 41.7 Å². The topological polar surface area (TPSA) is 95.8 Å². The fourth-order valence-electron chi connectivity index (χ4n) is 5.47. The number of ether oxygens (including phenoxy) is 2. The Morgan fingerprint density at radius 3 is 2.34 bits per heavy atom. The number of nitriles is 1. The van der Waals surface area contributed by atoms with E-state index >= 15 is 4.39 Å². The molecule has 1 fully saturated rings. The number of fused-ring (bicyclic) bond motifs is 1. The van der Waals surface area contributed by atoms with Crippen molar-refractivity contribution in [1.29, 1.82) is 5.26 Å². The van der Waals surface area contributed by atoms with Gasteiger partial charge in [0.25, 0.3) is 0 Å². The van der Waals surface area contributed by atoms with Crippen molar-refractivity contribution in [1.82, 2.24) is 9.88 Å². The lowest BCUT2D eigenvalue weighted by Gasteiger charge is -2.34. The van der Waals surface area contributed by atoms with Crippen LogP contribution in [0.4, 0.5) is 19.7 Å². The highest BCUT2D eigenvalue weighted by molar-refractivity contribution is 6.43. The van der Waals surface area contributed by atoms with Crippen molar-refractivity contribution in [2.45, 2.75) is 106 Å². The third kappa shape index (κ3) is 8.65. The van der Waals surface area contributed by atoms with Crippen molar-refractivity contribution in [3.05, 3.63) is 56.9 Å². The van der Waals surface area contributed by atoms with E-state index < -0.39 is 35.2 Å². The Hall–Kier alpha value is -3.61. The molecule has 0 bridgehead atoms. The largest absolute Gasteiger partial charge is 0.444 e. The minimum absolute atomic E-state index is 0.0374. The molecule has 11 heteroatoms. The zero-order valence-corrected chi connectivity index (χ0v) is 30.5. The zero-order chi connectivity index (χ0) is 35.4. The van der Waals surface area contributed by atoms with E-state index in [0.29, 0.717) is 46.4 Å². The van der Waals surface area contributed by atoms with Gasteiger partial charge in [-0.05, 0) is 91.5 Å². The Morgan fingerprint density at radius 1 is 1.11 bits per heavy atom. The Morgan fingerprint density at radius 2 is 1.74 bits per heavy atom. The number of benzene rings is 2. The van der Waals surface area contributed by atoms with Crippen LogP contribution < -0.4 is 4.90 Å². The fraction of sp³-hybridized carbons (Fsp3) is 0.500. The molecule has 8 nitrogen and oxygen atoms in total. The van der Waals surface area contributed by atoms with Crippen molar-refractivity contribution < 1.29 is 23.5 Å². The van der Waals surface area contributed by atoms with Crippen LogP contribution in [0.3, 0.4) is 0 Å². The molecule has 1 saturated heterocycles. The van der Waals surface area contributed by atoms with Crippen LogP contribution in [-0.2, 0) is 15.9 Å². The number of carbonyl (C=O) groups excluding carboxylic acids is 2. The second-order valence-electron chi connectivity index (χ2n) is 13.3. The second kappa shape index (κ2) is 15.1. The molecule has 0 radical (unpaired) electrons. The number of carbonyl (C=O) groups is 2. The highest BCUT2D eigenvalue weighted by Gasteiger charge is 2.39. The number of pyridine rings is 1. The Balaban J connectivity index is 0.00000294. The molecule has 0 saturated carbocycles. The molecule has 1 aromatic heterocycles. The van der Waals surface area contributed by atoms with Gasteiger partial charge in [-0.3, -0.25) is 4.90 Å². The summed E-state index contributed by atoms with van der Waals surface area (Å²) in [4.78, 5) is 34.8. The Kier molecular flexibility index (Phi) is 12.1. The molecule has 1 unspecified atom stereocenters. The molecule has 2 aromatic carbocycles. The van der Waals surface area contributed by atoms with Crippen molar-refractivity contribution in [3.8, 4) is 17.2 Å². The molecular formula is C36H45Cl2FN4O4. The molecular weight excluding hydrogens is 642 g/mol. The van der Waals surface area contributed by atoms with Crippen LogP contribution in [-0.4, -0.2) is 52.4 Å². The maximum absolute atomic E-state index is 16.8. The molecule has 0 N–H and O–H groups in total. The molecule has 0 spiro atoms. The number of hydrogen-bond acceptors (Lipinski definition) is 6. The van der Waals surface area contributed by atoms with Gasteiger partial charge < -0.3 is 14.4 Å². The standard InChI is InChI=1S/C34H39Cl2FN4O4.C2H6/c1-19-20(2)39-29-24(17-21(11-10-15-38)26(28(29)37)23-12-9-13-25(35)27(23)36)30(19)41(32(43)45-34(6,7)8)22-14-16-40(18-22)31(42)44-33(3,4)5;1-2/h9,12-13,17,22H,10-11,14,16,18H2,1-8H3;1-2H3. The monoisotopic (exact) mass is 686 g/mol. The van der Waals surface area contributed by atoms with Crippen LogP contribution in [0.1, 0.15) is 85.1 Å². The first-order valence-corrected chi connectivity index (χ1v) is 16.6. The summed E-state index contributed by atoms with van der Waals surface area (Å²) in [6, 6.07) is 8.38. The normalized spacial score (nSPS) is 14.7. The van der Waals surface area contributed by atoms with Gasteiger partial charge in [0.1, 0.15) is 16.7 Å².